The second kappa shape index (κ2) is 10.9. The third kappa shape index (κ3) is 6.64. The molecule has 0 spiro atoms. The number of carbonyl (C=O) groups excluding carboxylic acids is 2. The second-order valence-electron chi connectivity index (χ2n) is 10.4. The molecule has 0 aromatic carbocycles. The highest BCUT2D eigenvalue weighted by Gasteiger charge is 2.40. The Morgan fingerprint density at radius 3 is 2.53 bits per heavy atom. The number of hydrogen-bond donors (Lipinski definition) is 0. The van der Waals surface area contributed by atoms with Gasteiger partial charge in [-0.15, -0.1) is 0 Å². The lowest BCUT2D eigenvalue weighted by molar-refractivity contribution is -0.126. The Hall–Kier alpha value is -1.22. The van der Waals surface area contributed by atoms with Gasteiger partial charge in [0, 0.05) is 42.8 Å². The number of Topliss-reactive ketones (excluding diaryl/α,β-unsaturated/α-hetero) is 2. The Morgan fingerprint density at radius 2 is 1.93 bits per heavy atom. The molecule has 1 fully saturated rings. The van der Waals surface area contributed by atoms with Crippen LogP contribution in [-0.4, -0.2) is 35.6 Å². The highest BCUT2D eigenvalue weighted by atomic mass is 16.1. The number of unbranched alkanes of at least 4 members (excludes halogenated alkanes) is 1. The summed E-state index contributed by atoms with van der Waals surface area (Å²) in [4.78, 5) is 27.4. The minimum atomic E-state index is -0.266. The quantitative estimate of drug-likeness (QED) is 0.246. The van der Waals surface area contributed by atoms with Crippen LogP contribution < -0.4 is 0 Å². The number of rotatable bonds is 14. The van der Waals surface area contributed by atoms with Gasteiger partial charge in [-0.25, -0.2) is 0 Å². The van der Waals surface area contributed by atoms with Crippen LogP contribution >= 0.6 is 0 Å². The van der Waals surface area contributed by atoms with Gasteiger partial charge in [-0.1, -0.05) is 60.1 Å². The van der Waals surface area contributed by atoms with Gasteiger partial charge in [0.25, 0.3) is 0 Å². The van der Waals surface area contributed by atoms with Crippen LogP contribution in [0, 0.1) is 23.7 Å². The molecule has 1 radical (unpaired) electrons. The van der Waals surface area contributed by atoms with Crippen LogP contribution in [0.15, 0.2) is 23.3 Å². The Bertz CT molecular complexity index is 670. The first-order valence-electron chi connectivity index (χ1n) is 12.2. The van der Waals surface area contributed by atoms with Gasteiger partial charge in [-0.2, -0.15) is 0 Å². The first-order chi connectivity index (χ1) is 14.1. The van der Waals surface area contributed by atoms with Crippen LogP contribution in [0.25, 0.3) is 0 Å². The van der Waals surface area contributed by atoms with Crippen molar-refractivity contribution in [2.24, 2.45) is 17.3 Å². The molecule has 2 aliphatic rings. The lowest BCUT2D eigenvalue weighted by atomic mass is 9.79. The van der Waals surface area contributed by atoms with Crippen molar-refractivity contribution < 1.29 is 9.59 Å². The van der Waals surface area contributed by atoms with Crippen LogP contribution in [0.4, 0.5) is 0 Å². The smallest absolute Gasteiger partial charge is 0.159 e. The van der Waals surface area contributed by atoms with Crippen molar-refractivity contribution >= 4 is 11.6 Å². The maximum Gasteiger partial charge on any atom is 0.159 e. The van der Waals surface area contributed by atoms with Gasteiger partial charge in [0.1, 0.15) is 5.78 Å². The summed E-state index contributed by atoms with van der Waals surface area (Å²) in [5, 5.41) is 0. The summed E-state index contributed by atoms with van der Waals surface area (Å²) in [6.07, 6.45) is 9.79. The van der Waals surface area contributed by atoms with E-state index in [4.69, 9.17) is 0 Å². The third-order valence-corrected chi connectivity index (χ3v) is 7.20. The van der Waals surface area contributed by atoms with Crippen molar-refractivity contribution in [3.63, 3.8) is 0 Å². The average Bonchev–Trinajstić information content (AvgIpc) is 3.38. The predicted octanol–water partition coefficient (Wildman–Crippen LogP) is 6.34. The lowest BCUT2D eigenvalue weighted by Gasteiger charge is -2.26. The zero-order valence-electron chi connectivity index (χ0n) is 20.4. The highest BCUT2D eigenvalue weighted by molar-refractivity contribution is 6.05. The van der Waals surface area contributed by atoms with Gasteiger partial charge in [-0.3, -0.25) is 14.5 Å². The van der Waals surface area contributed by atoms with E-state index in [9.17, 15) is 9.59 Å². The lowest BCUT2D eigenvalue weighted by Crippen LogP contribution is -2.30. The summed E-state index contributed by atoms with van der Waals surface area (Å²) in [5.74, 6) is 1.58. The van der Waals surface area contributed by atoms with Crippen molar-refractivity contribution in [2.45, 2.75) is 99.0 Å². The molecule has 1 aliphatic heterocycles. The molecule has 169 valence electrons. The van der Waals surface area contributed by atoms with Gasteiger partial charge in [0.2, 0.25) is 0 Å². The summed E-state index contributed by atoms with van der Waals surface area (Å²) in [6.45, 7) is 19.0. The number of carbonyl (C=O) groups is 2. The predicted molar refractivity (Wildman–Crippen MR) is 126 cm³/mol. The summed E-state index contributed by atoms with van der Waals surface area (Å²) in [6, 6.07) is 0.628. The third-order valence-electron chi connectivity index (χ3n) is 7.20. The van der Waals surface area contributed by atoms with E-state index >= 15 is 0 Å². The number of nitrogens with zero attached hydrogens (tertiary/aromatic N) is 1. The van der Waals surface area contributed by atoms with Crippen molar-refractivity contribution in [1.29, 1.82) is 0 Å². The van der Waals surface area contributed by atoms with Crippen LogP contribution in [0.1, 0.15) is 92.9 Å². The summed E-state index contributed by atoms with van der Waals surface area (Å²) < 4.78 is 0. The molecule has 30 heavy (non-hydrogen) atoms. The molecule has 2 atom stereocenters. The van der Waals surface area contributed by atoms with Gasteiger partial charge < -0.3 is 0 Å². The molecule has 1 heterocycles. The van der Waals surface area contributed by atoms with Gasteiger partial charge in [0.05, 0.1) is 0 Å². The second-order valence-corrected chi connectivity index (χ2v) is 10.4. The molecule has 0 saturated carbocycles. The molecule has 1 saturated heterocycles. The summed E-state index contributed by atoms with van der Waals surface area (Å²) in [7, 11) is 0. The Kier molecular flexibility index (Phi) is 9.09. The van der Waals surface area contributed by atoms with Crippen molar-refractivity contribution in [2.75, 3.05) is 13.1 Å². The maximum absolute atomic E-state index is 12.7. The van der Waals surface area contributed by atoms with E-state index in [1.165, 1.54) is 18.4 Å². The SMILES string of the molecule is C=C(CC(=O)C(C)(C)CCCCN1C[C@@H](C2=C(C(=O)CCC)[CH]2)C[C@H]1CC)C(C)C. The average molecular weight is 415 g/mol. The summed E-state index contributed by atoms with van der Waals surface area (Å²) >= 11 is 0. The first kappa shape index (κ1) is 25.0. The van der Waals surface area contributed by atoms with Gasteiger partial charge in [0.15, 0.2) is 5.78 Å². The fourth-order valence-electron chi connectivity index (χ4n) is 4.64. The Labute approximate surface area is 185 Å². The molecule has 3 nitrogen and oxygen atoms in total. The Morgan fingerprint density at radius 1 is 1.23 bits per heavy atom. The van der Waals surface area contributed by atoms with Gasteiger partial charge >= 0.3 is 0 Å². The number of allylic oxidation sites excluding steroid dienone is 2. The van der Waals surface area contributed by atoms with E-state index < -0.39 is 0 Å². The highest BCUT2D eigenvalue weighted by Crippen LogP contribution is 2.43. The normalized spacial score (nSPS) is 22.1. The molecular formula is C27H44NO2. The van der Waals surface area contributed by atoms with E-state index in [1.807, 2.05) is 0 Å². The van der Waals surface area contributed by atoms with Crippen molar-refractivity contribution in [1.82, 2.24) is 4.90 Å². The van der Waals surface area contributed by atoms with Crippen LogP contribution in [-0.2, 0) is 9.59 Å². The topological polar surface area (TPSA) is 37.4 Å². The van der Waals surface area contributed by atoms with Crippen LogP contribution in [0.3, 0.4) is 0 Å². The zero-order chi connectivity index (χ0) is 22.5. The minimum absolute atomic E-state index is 0.266. The molecule has 0 bridgehead atoms. The Balaban J connectivity index is 1.78. The van der Waals surface area contributed by atoms with Crippen molar-refractivity contribution in [3.05, 3.63) is 29.7 Å². The van der Waals surface area contributed by atoms with E-state index in [-0.39, 0.29) is 5.41 Å². The largest absolute Gasteiger partial charge is 0.300 e. The molecule has 0 N–H and O–H groups in total. The van der Waals surface area contributed by atoms with Crippen LogP contribution in [0.5, 0.6) is 0 Å². The van der Waals surface area contributed by atoms with Crippen molar-refractivity contribution in [3.8, 4) is 0 Å². The fraction of sp³-hybridized carbons (Fsp3) is 0.741. The zero-order valence-corrected chi connectivity index (χ0v) is 20.4. The standard InChI is InChI=1S/C27H44NO2/c1-8-12-25(29)24-17-23(24)21-16-22(9-2)28(18-21)14-11-10-13-27(6,7)26(30)15-20(5)19(3)4/h17,19,21-22H,5,8-16,18H2,1-4,6-7H3/t21-,22+/m0/s1. The maximum atomic E-state index is 12.7. The van der Waals surface area contributed by atoms with E-state index in [2.05, 4.69) is 59.4 Å². The monoisotopic (exact) mass is 414 g/mol. The molecule has 0 aromatic rings. The first-order valence-corrected chi connectivity index (χ1v) is 12.2. The number of hydrogen-bond acceptors (Lipinski definition) is 3. The van der Waals surface area contributed by atoms with E-state index in [0.717, 1.165) is 49.9 Å². The van der Waals surface area contributed by atoms with E-state index in [1.54, 1.807) is 0 Å². The molecule has 0 unspecified atom stereocenters. The molecule has 0 amide bonds. The number of likely N-dealkylation sites (tertiary alicyclic amines) is 1. The van der Waals surface area contributed by atoms with Gasteiger partial charge in [-0.05, 0) is 56.1 Å². The number of ketones is 2. The molecule has 1 aliphatic carbocycles. The molecular weight excluding hydrogens is 370 g/mol. The fourth-order valence-corrected chi connectivity index (χ4v) is 4.64. The molecule has 2 rings (SSSR count). The van der Waals surface area contributed by atoms with Crippen LogP contribution in [0.2, 0.25) is 0 Å². The molecule has 0 aromatic heterocycles. The summed E-state index contributed by atoms with van der Waals surface area (Å²) in [5.41, 5.74) is 3.15. The molecule has 3 heteroatoms. The minimum Gasteiger partial charge on any atom is -0.300 e. The van der Waals surface area contributed by atoms with E-state index in [0.29, 0.717) is 42.3 Å².